The smallest absolute Gasteiger partial charge is 0.337 e. The first-order valence-corrected chi connectivity index (χ1v) is 6.27. The first-order chi connectivity index (χ1) is 9.74. The van der Waals surface area contributed by atoms with Gasteiger partial charge < -0.3 is 14.2 Å². The molecule has 0 spiro atoms. The summed E-state index contributed by atoms with van der Waals surface area (Å²) in [5, 5.41) is 1.93. The largest absolute Gasteiger partial charge is 0.496 e. The van der Waals surface area contributed by atoms with E-state index in [0.29, 0.717) is 12.2 Å². The number of ether oxygens (including phenoxy) is 3. The van der Waals surface area contributed by atoms with Gasteiger partial charge in [-0.2, -0.15) is 0 Å². The third kappa shape index (κ3) is 1.90. The maximum Gasteiger partial charge on any atom is 0.337 e. The Morgan fingerprint density at radius 1 is 1.20 bits per heavy atom. The first kappa shape index (κ1) is 12.5. The summed E-state index contributed by atoms with van der Waals surface area (Å²) in [6.07, 6.45) is 1.88. The molecule has 2 aromatic carbocycles. The highest BCUT2D eigenvalue weighted by Crippen LogP contribution is 2.36. The Morgan fingerprint density at radius 3 is 2.75 bits per heavy atom. The van der Waals surface area contributed by atoms with Crippen LogP contribution in [0, 0.1) is 0 Å². The van der Waals surface area contributed by atoms with Gasteiger partial charge in [0.1, 0.15) is 18.1 Å². The van der Waals surface area contributed by atoms with Gasteiger partial charge >= 0.3 is 5.97 Å². The molecule has 0 aliphatic carbocycles. The summed E-state index contributed by atoms with van der Waals surface area (Å²) in [7, 11) is 3.00. The number of esters is 1. The number of hydrogen-bond acceptors (Lipinski definition) is 4. The van der Waals surface area contributed by atoms with Gasteiger partial charge in [-0.1, -0.05) is 12.1 Å². The van der Waals surface area contributed by atoms with E-state index in [1.54, 1.807) is 13.2 Å². The van der Waals surface area contributed by atoms with Gasteiger partial charge in [0.2, 0.25) is 0 Å². The molecule has 3 rings (SSSR count). The molecule has 0 aromatic heterocycles. The number of carbonyl (C=O) groups excluding carboxylic acids is 1. The molecular weight excluding hydrogens is 256 g/mol. The topological polar surface area (TPSA) is 44.8 Å². The molecule has 20 heavy (non-hydrogen) atoms. The molecule has 0 bridgehead atoms. The van der Waals surface area contributed by atoms with E-state index < -0.39 is 0 Å². The van der Waals surface area contributed by atoms with Gasteiger partial charge in [-0.05, 0) is 35.0 Å². The molecule has 1 aliphatic rings. The zero-order valence-electron chi connectivity index (χ0n) is 11.3. The summed E-state index contributed by atoms with van der Waals surface area (Å²) in [4.78, 5) is 11.7. The minimum Gasteiger partial charge on any atom is -0.496 e. The molecule has 0 radical (unpaired) electrons. The third-order valence-corrected chi connectivity index (χ3v) is 3.38. The maximum atomic E-state index is 11.7. The highest BCUT2D eigenvalue weighted by Gasteiger charge is 2.19. The van der Waals surface area contributed by atoms with E-state index in [1.807, 2.05) is 30.3 Å². The fraction of sp³-hybridized carbons (Fsp3) is 0.188. The van der Waals surface area contributed by atoms with Crippen LogP contribution in [0.2, 0.25) is 0 Å². The van der Waals surface area contributed by atoms with Gasteiger partial charge in [0.25, 0.3) is 0 Å². The standard InChI is InChI=1S/C16H14O4/c1-18-13-7-8-20-14-6-5-10-3-4-11(16(17)19-2)9-12(10)15(13)14/h3-7,9H,8H2,1-2H3. The summed E-state index contributed by atoms with van der Waals surface area (Å²) in [5.41, 5.74) is 1.39. The predicted octanol–water partition coefficient (Wildman–Crippen LogP) is 3.01. The van der Waals surface area contributed by atoms with E-state index >= 15 is 0 Å². The molecule has 4 heteroatoms. The SMILES string of the molecule is COC(=O)c1ccc2ccc3c(c2c1)C(OC)=CCO3. The lowest BCUT2D eigenvalue weighted by atomic mass is 9.98. The summed E-state index contributed by atoms with van der Waals surface area (Å²) in [6.45, 7) is 0.484. The van der Waals surface area contributed by atoms with Crippen molar-refractivity contribution in [2.75, 3.05) is 20.8 Å². The van der Waals surface area contributed by atoms with E-state index in [4.69, 9.17) is 14.2 Å². The zero-order valence-corrected chi connectivity index (χ0v) is 11.3. The van der Waals surface area contributed by atoms with Crippen molar-refractivity contribution in [1.29, 1.82) is 0 Å². The Kier molecular flexibility index (Phi) is 3.06. The van der Waals surface area contributed by atoms with Gasteiger partial charge in [0.05, 0.1) is 25.3 Å². The van der Waals surface area contributed by atoms with Crippen LogP contribution in [0.5, 0.6) is 5.75 Å². The summed E-state index contributed by atoms with van der Waals surface area (Å²) in [6, 6.07) is 9.33. The minimum atomic E-state index is -0.357. The average Bonchev–Trinajstić information content (AvgIpc) is 2.52. The molecular formula is C16H14O4. The Bertz CT molecular complexity index is 716. The molecule has 0 amide bonds. The number of hydrogen-bond donors (Lipinski definition) is 0. The number of fused-ring (bicyclic) bond motifs is 3. The van der Waals surface area contributed by atoms with Crippen molar-refractivity contribution < 1.29 is 19.0 Å². The Labute approximate surface area is 116 Å². The monoisotopic (exact) mass is 270 g/mol. The van der Waals surface area contributed by atoms with Crippen LogP contribution >= 0.6 is 0 Å². The van der Waals surface area contributed by atoms with Crippen molar-refractivity contribution >= 4 is 22.5 Å². The van der Waals surface area contributed by atoms with Crippen molar-refractivity contribution in [3.05, 3.63) is 47.5 Å². The molecule has 1 heterocycles. The quantitative estimate of drug-likeness (QED) is 0.787. The summed E-state index contributed by atoms with van der Waals surface area (Å²) >= 11 is 0. The maximum absolute atomic E-state index is 11.7. The highest BCUT2D eigenvalue weighted by atomic mass is 16.5. The highest BCUT2D eigenvalue weighted by molar-refractivity contribution is 6.00. The van der Waals surface area contributed by atoms with Crippen LogP contribution in [0.4, 0.5) is 0 Å². The van der Waals surface area contributed by atoms with E-state index in [1.165, 1.54) is 7.11 Å². The Balaban J connectivity index is 2.28. The molecule has 1 aliphatic heterocycles. The second-order valence-corrected chi connectivity index (χ2v) is 4.45. The van der Waals surface area contributed by atoms with Crippen LogP contribution < -0.4 is 4.74 Å². The van der Waals surface area contributed by atoms with Crippen LogP contribution in [-0.2, 0) is 9.47 Å². The lowest BCUT2D eigenvalue weighted by Gasteiger charge is -2.19. The van der Waals surface area contributed by atoms with E-state index in [9.17, 15) is 4.79 Å². The van der Waals surface area contributed by atoms with Gasteiger partial charge in [0.15, 0.2) is 0 Å². The molecule has 0 unspecified atom stereocenters. The third-order valence-electron chi connectivity index (χ3n) is 3.38. The van der Waals surface area contributed by atoms with Gasteiger partial charge in [-0.3, -0.25) is 0 Å². The lowest BCUT2D eigenvalue weighted by molar-refractivity contribution is 0.0601. The lowest BCUT2D eigenvalue weighted by Crippen LogP contribution is -2.07. The molecule has 0 N–H and O–H groups in total. The second-order valence-electron chi connectivity index (χ2n) is 4.45. The Morgan fingerprint density at radius 2 is 2.00 bits per heavy atom. The van der Waals surface area contributed by atoms with Crippen molar-refractivity contribution in [3.63, 3.8) is 0 Å². The molecule has 2 aromatic rings. The molecule has 0 fully saturated rings. The van der Waals surface area contributed by atoms with E-state index in [-0.39, 0.29) is 5.97 Å². The van der Waals surface area contributed by atoms with Gasteiger partial charge in [-0.15, -0.1) is 0 Å². The number of methoxy groups -OCH3 is 2. The van der Waals surface area contributed by atoms with E-state index in [2.05, 4.69) is 0 Å². The number of carbonyl (C=O) groups is 1. The number of benzene rings is 2. The van der Waals surface area contributed by atoms with Crippen molar-refractivity contribution in [3.8, 4) is 5.75 Å². The van der Waals surface area contributed by atoms with Crippen LogP contribution in [-0.4, -0.2) is 26.8 Å². The predicted molar refractivity (Wildman–Crippen MR) is 75.8 cm³/mol. The van der Waals surface area contributed by atoms with Crippen molar-refractivity contribution in [2.24, 2.45) is 0 Å². The Hall–Kier alpha value is -2.49. The molecule has 4 nitrogen and oxygen atoms in total. The van der Waals surface area contributed by atoms with Gasteiger partial charge in [-0.25, -0.2) is 4.79 Å². The first-order valence-electron chi connectivity index (χ1n) is 6.27. The zero-order chi connectivity index (χ0) is 14.1. The van der Waals surface area contributed by atoms with Gasteiger partial charge in [0, 0.05) is 0 Å². The normalized spacial score (nSPS) is 13.2. The second kappa shape index (κ2) is 4.89. The molecule has 0 atom stereocenters. The molecule has 0 saturated heterocycles. The minimum absolute atomic E-state index is 0.357. The van der Waals surface area contributed by atoms with Crippen LogP contribution in [0.25, 0.3) is 16.5 Å². The van der Waals surface area contributed by atoms with Crippen LogP contribution in [0.3, 0.4) is 0 Å². The average molecular weight is 270 g/mol. The van der Waals surface area contributed by atoms with Crippen LogP contribution in [0.15, 0.2) is 36.4 Å². The van der Waals surface area contributed by atoms with Crippen molar-refractivity contribution in [2.45, 2.75) is 0 Å². The number of rotatable bonds is 2. The fourth-order valence-corrected chi connectivity index (χ4v) is 2.41. The van der Waals surface area contributed by atoms with E-state index in [0.717, 1.165) is 27.8 Å². The summed E-state index contributed by atoms with van der Waals surface area (Å²) < 4.78 is 15.8. The summed E-state index contributed by atoms with van der Waals surface area (Å²) in [5.74, 6) is 1.17. The molecule has 102 valence electrons. The molecule has 0 saturated carbocycles. The fourth-order valence-electron chi connectivity index (χ4n) is 2.41. The van der Waals surface area contributed by atoms with Crippen LogP contribution in [0.1, 0.15) is 15.9 Å². The van der Waals surface area contributed by atoms with Crippen molar-refractivity contribution in [1.82, 2.24) is 0 Å².